The normalized spacial score (nSPS) is 18.8. The lowest BCUT2D eigenvalue weighted by Crippen LogP contribution is -2.40. The fourth-order valence-corrected chi connectivity index (χ4v) is 4.35. The third kappa shape index (κ3) is 4.23. The van der Waals surface area contributed by atoms with Crippen LogP contribution in [0, 0.1) is 0 Å². The lowest BCUT2D eigenvalue weighted by molar-refractivity contribution is -0.127. The highest BCUT2D eigenvalue weighted by Gasteiger charge is 2.26. The topological polar surface area (TPSA) is 102 Å². The Kier molecular flexibility index (Phi) is 5.88. The van der Waals surface area contributed by atoms with Gasteiger partial charge in [0.05, 0.1) is 11.6 Å². The Morgan fingerprint density at radius 1 is 1.03 bits per heavy atom. The van der Waals surface area contributed by atoms with Crippen LogP contribution in [0.5, 0.6) is 0 Å². The minimum atomic E-state index is -0.562. The van der Waals surface area contributed by atoms with Crippen molar-refractivity contribution < 1.29 is 14.4 Å². The van der Waals surface area contributed by atoms with E-state index in [1.807, 2.05) is 4.90 Å². The van der Waals surface area contributed by atoms with Crippen molar-refractivity contribution in [2.45, 2.75) is 31.7 Å². The van der Waals surface area contributed by atoms with Crippen molar-refractivity contribution >= 4 is 17.7 Å². The van der Waals surface area contributed by atoms with Crippen molar-refractivity contribution in [1.82, 2.24) is 19.6 Å². The molecule has 2 aromatic rings. The van der Waals surface area contributed by atoms with Crippen molar-refractivity contribution in [2.75, 3.05) is 26.2 Å². The molecule has 4 rings (SSSR count). The fourth-order valence-electron chi connectivity index (χ4n) is 4.35. The number of nitrogens with two attached hydrogens (primary N) is 1. The Labute approximate surface area is 181 Å². The molecule has 3 heterocycles. The molecule has 0 spiro atoms. The number of rotatable bonds is 5. The van der Waals surface area contributed by atoms with Gasteiger partial charge in [0.1, 0.15) is 5.69 Å². The van der Waals surface area contributed by atoms with Crippen molar-refractivity contribution in [3.05, 3.63) is 54.2 Å². The summed E-state index contributed by atoms with van der Waals surface area (Å²) in [6.45, 7) is 6.34. The van der Waals surface area contributed by atoms with Crippen LogP contribution in [-0.4, -0.2) is 63.5 Å². The highest BCUT2D eigenvalue weighted by molar-refractivity contribution is 5.99. The Balaban J connectivity index is 1.59. The SMILES string of the molecule is C=CC(=O)N1CCCC(n2cc(C(N)=O)c(-c3ccc(C(=O)N4CCCC4)cc3)n2)C1. The molecule has 2 N–H and O–H groups in total. The maximum atomic E-state index is 12.6. The van der Waals surface area contributed by atoms with E-state index in [1.165, 1.54) is 6.08 Å². The first-order valence-electron chi connectivity index (χ1n) is 10.7. The first-order chi connectivity index (χ1) is 15.0. The second-order valence-electron chi connectivity index (χ2n) is 8.10. The van der Waals surface area contributed by atoms with Crippen LogP contribution in [0.15, 0.2) is 43.1 Å². The van der Waals surface area contributed by atoms with Crippen LogP contribution in [0.2, 0.25) is 0 Å². The number of benzene rings is 1. The number of carbonyl (C=O) groups is 3. The maximum absolute atomic E-state index is 12.6. The molecule has 8 heteroatoms. The van der Waals surface area contributed by atoms with E-state index < -0.39 is 5.91 Å². The zero-order chi connectivity index (χ0) is 22.0. The summed E-state index contributed by atoms with van der Waals surface area (Å²) >= 11 is 0. The maximum Gasteiger partial charge on any atom is 0.253 e. The van der Waals surface area contributed by atoms with E-state index in [-0.39, 0.29) is 17.9 Å². The summed E-state index contributed by atoms with van der Waals surface area (Å²) in [5.74, 6) is -0.641. The number of hydrogen-bond donors (Lipinski definition) is 1. The number of aromatic nitrogens is 2. The molecule has 2 aliphatic heterocycles. The zero-order valence-corrected chi connectivity index (χ0v) is 17.5. The standard InChI is InChI=1S/C23H27N5O3/c1-2-20(29)27-13-5-6-18(14-27)28-15-19(22(24)30)21(25-28)16-7-9-17(10-8-16)23(31)26-11-3-4-12-26/h2,7-10,15,18H,1,3-6,11-14H2,(H2,24,30). The van der Waals surface area contributed by atoms with E-state index in [2.05, 4.69) is 11.7 Å². The zero-order valence-electron chi connectivity index (χ0n) is 17.5. The van der Waals surface area contributed by atoms with Crippen LogP contribution < -0.4 is 5.73 Å². The molecular weight excluding hydrogens is 394 g/mol. The average Bonchev–Trinajstić information content (AvgIpc) is 3.49. The number of hydrogen-bond acceptors (Lipinski definition) is 4. The van der Waals surface area contributed by atoms with Crippen molar-refractivity contribution in [3.63, 3.8) is 0 Å². The van der Waals surface area contributed by atoms with Gasteiger partial charge in [-0.25, -0.2) is 0 Å². The molecule has 2 fully saturated rings. The van der Waals surface area contributed by atoms with Gasteiger partial charge in [-0.05, 0) is 43.9 Å². The summed E-state index contributed by atoms with van der Waals surface area (Å²) in [4.78, 5) is 40.3. The van der Waals surface area contributed by atoms with Crippen LogP contribution >= 0.6 is 0 Å². The number of amides is 3. The molecule has 1 unspecified atom stereocenters. The molecule has 0 aliphatic carbocycles. The third-order valence-electron chi connectivity index (χ3n) is 6.05. The lowest BCUT2D eigenvalue weighted by Gasteiger charge is -2.32. The van der Waals surface area contributed by atoms with Gasteiger partial charge in [-0.15, -0.1) is 0 Å². The Morgan fingerprint density at radius 3 is 2.35 bits per heavy atom. The minimum Gasteiger partial charge on any atom is -0.365 e. The average molecular weight is 422 g/mol. The van der Waals surface area contributed by atoms with Gasteiger partial charge in [-0.1, -0.05) is 18.7 Å². The quantitative estimate of drug-likeness (QED) is 0.748. The molecule has 1 aromatic heterocycles. The number of nitrogens with zero attached hydrogens (tertiary/aromatic N) is 4. The van der Waals surface area contributed by atoms with E-state index in [0.717, 1.165) is 44.3 Å². The van der Waals surface area contributed by atoms with E-state index in [1.54, 1.807) is 40.0 Å². The van der Waals surface area contributed by atoms with Gasteiger partial charge < -0.3 is 15.5 Å². The van der Waals surface area contributed by atoms with Crippen LogP contribution in [0.3, 0.4) is 0 Å². The van der Waals surface area contributed by atoms with E-state index >= 15 is 0 Å². The number of piperidine rings is 1. The summed E-state index contributed by atoms with van der Waals surface area (Å²) in [7, 11) is 0. The van der Waals surface area contributed by atoms with Gasteiger partial charge in [0, 0.05) is 43.5 Å². The van der Waals surface area contributed by atoms with Gasteiger partial charge in [-0.2, -0.15) is 5.10 Å². The van der Waals surface area contributed by atoms with E-state index in [0.29, 0.717) is 29.9 Å². The molecule has 3 amide bonds. The second kappa shape index (κ2) is 8.75. The molecule has 0 bridgehead atoms. The van der Waals surface area contributed by atoms with Gasteiger partial charge in [0.15, 0.2) is 0 Å². The van der Waals surface area contributed by atoms with Gasteiger partial charge >= 0.3 is 0 Å². The minimum absolute atomic E-state index is 0.0267. The number of carbonyl (C=O) groups excluding carboxylic acids is 3. The Morgan fingerprint density at radius 2 is 1.71 bits per heavy atom. The predicted octanol–water partition coefficient (Wildman–Crippen LogP) is 2.23. The molecule has 0 saturated carbocycles. The molecule has 8 nitrogen and oxygen atoms in total. The lowest BCUT2D eigenvalue weighted by atomic mass is 10.0. The monoisotopic (exact) mass is 421 g/mol. The molecule has 2 aliphatic rings. The largest absolute Gasteiger partial charge is 0.365 e. The van der Waals surface area contributed by atoms with Gasteiger partial charge in [0.25, 0.3) is 11.8 Å². The molecule has 0 radical (unpaired) electrons. The smallest absolute Gasteiger partial charge is 0.253 e. The third-order valence-corrected chi connectivity index (χ3v) is 6.05. The number of likely N-dealkylation sites (tertiary alicyclic amines) is 2. The van der Waals surface area contributed by atoms with Crippen molar-refractivity contribution in [3.8, 4) is 11.3 Å². The highest BCUT2D eigenvalue weighted by Crippen LogP contribution is 2.28. The molecule has 1 aromatic carbocycles. The molecule has 2 saturated heterocycles. The van der Waals surface area contributed by atoms with Gasteiger partial charge in [-0.3, -0.25) is 19.1 Å². The molecule has 1 atom stereocenters. The molecular formula is C23H27N5O3. The summed E-state index contributed by atoms with van der Waals surface area (Å²) in [6.07, 6.45) is 6.76. The Hall–Kier alpha value is -3.42. The number of primary amides is 1. The summed E-state index contributed by atoms with van der Waals surface area (Å²) in [5, 5.41) is 4.65. The Bertz CT molecular complexity index is 1000. The summed E-state index contributed by atoms with van der Waals surface area (Å²) < 4.78 is 1.74. The van der Waals surface area contributed by atoms with Gasteiger partial charge in [0.2, 0.25) is 5.91 Å². The fraction of sp³-hybridized carbons (Fsp3) is 0.391. The van der Waals surface area contributed by atoms with E-state index in [4.69, 9.17) is 5.73 Å². The molecule has 31 heavy (non-hydrogen) atoms. The van der Waals surface area contributed by atoms with Crippen LogP contribution in [-0.2, 0) is 4.79 Å². The first-order valence-corrected chi connectivity index (χ1v) is 10.7. The van der Waals surface area contributed by atoms with Crippen LogP contribution in [0.25, 0.3) is 11.3 Å². The van der Waals surface area contributed by atoms with Crippen molar-refractivity contribution in [2.24, 2.45) is 5.73 Å². The summed E-state index contributed by atoms with van der Waals surface area (Å²) in [6, 6.07) is 7.10. The first kappa shape index (κ1) is 20.8. The molecule has 162 valence electrons. The van der Waals surface area contributed by atoms with E-state index in [9.17, 15) is 14.4 Å². The van der Waals surface area contributed by atoms with Crippen LogP contribution in [0.1, 0.15) is 52.4 Å². The highest BCUT2D eigenvalue weighted by atomic mass is 16.2. The summed E-state index contributed by atoms with van der Waals surface area (Å²) in [5.41, 5.74) is 7.78. The van der Waals surface area contributed by atoms with Crippen LogP contribution in [0.4, 0.5) is 0 Å². The predicted molar refractivity (Wildman–Crippen MR) is 116 cm³/mol. The van der Waals surface area contributed by atoms with Crippen molar-refractivity contribution in [1.29, 1.82) is 0 Å². The second-order valence-corrected chi connectivity index (χ2v) is 8.10.